The molecule has 0 saturated heterocycles. The fraction of sp³-hybridized carbons (Fsp3) is 0.222. The SMILES string of the molecule is O=[N+]([O-])c1ccc(C(=S)NCCO)cc1. The highest BCUT2D eigenvalue weighted by atomic mass is 32.1. The number of thiocarbonyl (C=S) groups is 1. The van der Waals surface area contributed by atoms with Crippen LogP contribution in [-0.2, 0) is 0 Å². The van der Waals surface area contributed by atoms with E-state index in [0.717, 1.165) is 0 Å². The predicted molar refractivity (Wildman–Crippen MR) is 59.9 cm³/mol. The Kier molecular flexibility index (Phi) is 4.14. The first-order chi connectivity index (χ1) is 7.15. The lowest BCUT2D eigenvalue weighted by Gasteiger charge is -2.05. The summed E-state index contributed by atoms with van der Waals surface area (Å²) in [6.07, 6.45) is 0. The Hall–Kier alpha value is -1.53. The van der Waals surface area contributed by atoms with Crippen LogP contribution in [0, 0.1) is 10.1 Å². The third-order valence-electron chi connectivity index (χ3n) is 1.74. The molecular weight excluding hydrogens is 216 g/mol. The zero-order valence-corrected chi connectivity index (χ0v) is 8.66. The van der Waals surface area contributed by atoms with E-state index in [2.05, 4.69) is 5.32 Å². The van der Waals surface area contributed by atoms with Gasteiger partial charge in [0, 0.05) is 24.2 Å². The fourth-order valence-corrected chi connectivity index (χ4v) is 1.24. The minimum absolute atomic E-state index is 0.00682. The summed E-state index contributed by atoms with van der Waals surface area (Å²) in [5.41, 5.74) is 0.729. The van der Waals surface area contributed by atoms with Crippen LogP contribution in [0.25, 0.3) is 0 Å². The lowest BCUT2D eigenvalue weighted by Crippen LogP contribution is -2.25. The third kappa shape index (κ3) is 3.26. The molecule has 1 rings (SSSR count). The van der Waals surface area contributed by atoms with Crippen molar-refractivity contribution in [2.45, 2.75) is 0 Å². The number of hydrogen-bond donors (Lipinski definition) is 2. The molecule has 0 bridgehead atoms. The van der Waals surface area contributed by atoms with E-state index in [1.54, 1.807) is 12.1 Å². The van der Waals surface area contributed by atoms with Crippen LogP contribution in [0.3, 0.4) is 0 Å². The summed E-state index contributed by atoms with van der Waals surface area (Å²) < 4.78 is 0. The summed E-state index contributed by atoms with van der Waals surface area (Å²) in [7, 11) is 0. The molecule has 0 saturated carbocycles. The molecule has 80 valence electrons. The van der Waals surface area contributed by atoms with Crippen molar-refractivity contribution in [2.24, 2.45) is 0 Å². The Morgan fingerprint density at radius 2 is 2.07 bits per heavy atom. The largest absolute Gasteiger partial charge is 0.395 e. The van der Waals surface area contributed by atoms with Crippen LogP contribution in [0.5, 0.6) is 0 Å². The van der Waals surface area contributed by atoms with Crippen LogP contribution in [0.2, 0.25) is 0 Å². The molecule has 0 aliphatic rings. The maximum absolute atomic E-state index is 10.4. The standard InChI is InChI=1S/C9H10N2O3S/c12-6-5-10-9(15)7-1-3-8(4-2-7)11(13)14/h1-4,12H,5-6H2,(H,10,15). The highest BCUT2D eigenvalue weighted by Gasteiger charge is 2.05. The van der Waals surface area contributed by atoms with Gasteiger partial charge in [0.15, 0.2) is 0 Å². The summed E-state index contributed by atoms with van der Waals surface area (Å²) in [4.78, 5) is 10.4. The van der Waals surface area contributed by atoms with E-state index in [4.69, 9.17) is 17.3 Å². The Balaban J connectivity index is 2.71. The third-order valence-corrected chi connectivity index (χ3v) is 2.12. The molecule has 15 heavy (non-hydrogen) atoms. The Morgan fingerprint density at radius 1 is 1.47 bits per heavy atom. The van der Waals surface area contributed by atoms with Gasteiger partial charge >= 0.3 is 0 Å². The molecule has 0 atom stereocenters. The highest BCUT2D eigenvalue weighted by Crippen LogP contribution is 2.11. The van der Waals surface area contributed by atoms with Crippen molar-refractivity contribution in [1.82, 2.24) is 5.32 Å². The molecule has 0 radical (unpaired) electrons. The molecule has 0 fully saturated rings. The minimum Gasteiger partial charge on any atom is -0.395 e. The van der Waals surface area contributed by atoms with Crippen LogP contribution in [-0.4, -0.2) is 28.2 Å². The summed E-state index contributed by atoms with van der Waals surface area (Å²) in [6.45, 7) is 0.364. The van der Waals surface area contributed by atoms with Gasteiger partial charge in [0.1, 0.15) is 4.99 Å². The van der Waals surface area contributed by atoms with Crippen molar-refractivity contribution in [3.63, 3.8) is 0 Å². The van der Waals surface area contributed by atoms with Crippen molar-refractivity contribution in [1.29, 1.82) is 0 Å². The first-order valence-corrected chi connectivity index (χ1v) is 4.69. The number of nitrogens with one attached hydrogen (secondary N) is 1. The second-order valence-corrected chi connectivity index (χ2v) is 3.19. The molecule has 0 spiro atoms. The number of nitro groups is 1. The van der Waals surface area contributed by atoms with Crippen LogP contribution >= 0.6 is 12.2 Å². The number of aliphatic hydroxyl groups is 1. The summed E-state index contributed by atoms with van der Waals surface area (Å²) in [5, 5.41) is 21.8. The van der Waals surface area contributed by atoms with Crippen LogP contribution < -0.4 is 5.32 Å². The van der Waals surface area contributed by atoms with E-state index in [1.807, 2.05) is 0 Å². The molecular formula is C9H10N2O3S. The number of nitro benzene ring substituents is 1. The van der Waals surface area contributed by atoms with Gasteiger partial charge in [0.05, 0.1) is 11.5 Å². The van der Waals surface area contributed by atoms with Crippen molar-refractivity contribution < 1.29 is 10.0 Å². The second kappa shape index (κ2) is 5.38. The smallest absolute Gasteiger partial charge is 0.269 e. The first kappa shape index (κ1) is 11.5. The predicted octanol–water partition coefficient (Wildman–Crippen LogP) is 0.852. The van der Waals surface area contributed by atoms with E-state index >= 15 is 0 Å². The van der Waals surface area contributed by atoms with Gasteiger partial charge in [-0.25, -0.2) is 0 Å². The van der Waals surface area contributed by atoms with Gasteiger partial charge in [0.25, 0.3) is 5.69 Å². The fourth-order valence-electron chi connectivity index (χ4n) is 1.01. The molecule has 0 unspecified atom stereocenters. The number of rotatable bonds is 4. The summed E-state index contributed by atoms with van der Waals surface area (Å²) >= 11 is 5.00. The number of hydrogen-bond acceptors (Lipinski definition) is 4. The van der Waals surface area contributed by atoms with E-state index in [0.29, 0.717) is 17.1 Å². The average molecular weight is 226 g/mol. The molecule has 5 nitrogen and oxygen atoms in total. The Labute approximate surface area is 91.9 Å². The molecule has 0 amide bonds. The number of aliphatic hydroxyl groups excluding tert-OH is 1. The molecule has 1 aromatic carbocycles. The van der Waals surface area contributed by atoms with Gasteiger partial charge < -0.3 is 10.4 Å². The molecule has 1 aromatic rings. The minimum atomic E-state index is -0.464. The lowest BCUT2D eigenvalue weighted by atomic mass is 10.2. The molecule has 0 aliphatic carbocycles. The van der Waals surface area contributed by atoms with Gasteiger partial charge in [-0.3, -0.25) is 10.1 Å². The highest BCUT2D eigenvalue weighted by molar-refractivity contribution is 7.80. The molecule has 6 heteroatoms. The van der Waals surface area contributed by atoms with Gasteiger partial charge in [-0.2, -0.15) is 0 Å². The second-order valence-electron chi connectivity index (χ2n) is 2.78. The Bertz CT molecular complexity index is 364. The van der Waals surface area contributed by atoms with Crippen molar-refractivity contribution in [2.75, 3.05) is 13.2 Å². The summed E-state index contributed by atoms with van der Waals surface area (Å²) in [6, 6.07) is 5.93. The molecule has 0 aliphatic heterocycles. The zero-order chi connectivity index (χ0) is 11.3. The monoisotopic (exact) mass is 226 g/mol. The Morgan fingerprint density at radius 3 is 2.53 bits per heavy atom. The van der Waals surface area contributed by atoms with E-state index < -0.39 is 4.92 Å². The van der Waals surface area contributed by atoms with Crippen molar-refractivity contribution in [3.8, 4) is 0 Å². The van der Waals surface area contributed by atoms with Crippen molar-refractivity contribution >= 4 is 22.9 Å². The quantitative estimate of drug-likeness (QED) is 0.452. The zero-order valence-electron chi connectivity index (χ0n) is 7.84. The van der Waals surface area contributed by atoms with E-state index in [9.17, 15) is 10.1 Å². The van der Waals surface area contributed by atoms with Gasteiger partial charge in [-0.05, 0) is 12.1 Å². The summed E-state index contributed by atoms with van der Waals surface area (Å²) in [5.74, 6) is 0. The van der Waals surface area contributed by atoms with E-state index in [-0.39, 0.29) is 12.3 Å². The molecule has 0 aromatic heterocycles. The molecule has 0 heterocycles. The maximum Gasteiger partial charge on any atom is 0.269 e. The van der Waals surface area contributed by atoms with Gasteiger partial charge in [0.2, 0.25) is 0 Å². The maximum atomic E-state index is 10.4. The normalized spacial score (nSPS) is 9.67. The van der Waals surface area contributed by atoms with Crippen LogP contribution in [0.4, 0.5) is 5.69 Å². The average Bonchev–Trinajstić information content (AvgIpc) is 2.26. The number of non-ortho nitro benzene ring substituents is 1. The van der Waals surface area contributed by atoms with Crippen LogP contribution in [0.1, 0.15) is 5.56 Å². The number of nitrogens with zero attached hydrogens (tertiary/aromatic N) is 1. The van der Waals surface area contributed by atoms with Crippen LogP contribution in [0.15, 0.2) is 24.3 Å². The topological polar surface area (TPSA) is 75.4 Å². The van der Waals surface area contributed by atoms with Gasteiger partial charge in [-0.1, -0.05) is 12.2 Å². The number of benzene rings is 1. The lowest BCUT2D eigenvalue weighted by molar-refractivity contribution is -0.384. The molecule has 2 N–H and O–H groups in total. The van der Waals surface area contributed by atoms with E-state index in [1.165, 1.54) is 12.1 Å². The van der Waals surface area contributed by atoms with Gasteiger partial charge in [-0.15, -0.1) is 0 Å². The van der Waals surface area contributed by atoms with Crippen molar-refractivity contribution in [3.05, 3.63) is 39.9 Å². The first-order valence-electron chi connectivity index (χ1n) is 4.28.